The number of nitrogens with one attached hydrogen (secondary N) is 1. The molecule has 1 aromatic carbocycles. The molecule has 0 aromatic heterocycles. The van der Waals surface area contributed by atoms with E-state index in [0.717, 1.165) is 29.5 Å². The molecule has 1 aromatic rings. The predicted octanol–water partition coefficient (Wildman–Crippen LogP) is 4.20. The summed E-state index contributed by atoms with van der Waals surface area (Å²) in [6.45, 7) is 7.15. The van der Waals surface area contributed by atoms with Crippen molar-refractivity contribution < 1.29 is 9.13 Å². The largest absolute Gasteiger partial charge is 0.375 e. The minimum absolute atomic E-state index is 0.0599. The molecule has 4 heteroatoms. The lowest BCUT2D eigenvalue weighted by molar-refractivity contribution is -0.0640. The molecule has 0 amide bonds. The third kappa shape index (κ3) is 4.01. The fourth-order valence-corrected chi connectivity index (χ4v) is 3.36. The van der Waals surface area contributed by atoms with E-state index in [-0.39, 0.29) is 17.5 Å². The zero-order chi connectivity index (χ0) is 14.0. The van der Waals surface area contributed by atoms with Crippen molar-refractivity contribution in [1.29, 1.82) is 0 Å². The molecule has 106 valence electrons. The first-order valence-electron chi connectivity index (χ1n) is 6.72. The lowest BCUT2D eigenvalue weighted by Crippen LogP contribution is -2.44. The zero-order valence-corrected chi connectivity index (χ0v) is 13.3. The van der Waals surface area contributed by atoms with Gasteiger partial charge in [-0.2, -0.15) is 0 Å². The van der Waals surface area contributed by atoms with Crippen molar-refractivity contribution >= 4 is 15.9 Å². The van der Waals surface area contributed by atoms with Gasteiger partial charge in [-0.15, -0.1) is 0 Å². The highest BCUT2D eigenvalue weighted by Crippen LogP contribution is 2.28. The van der Waals surface area contributed by atoms with Crippen molar-refractivity contribution in [2.45, 2.75) is 51.3 Å². The van der Waals surface area contributed by atoms with Crippen LogP contribution in [0.1, 0.15) is 45.2 Å². The van der Waals surface area contributed by atoms with E-state index in [1.807, 2.05) is 6.07 Å². The molecule has 2 unspecified atom stereocenters. The first kappa shape index (κ1) is 14.9. The smallest absolute Gasteiger partial charge is 0.124 e. The molecule has 2 rings (SSSR count). The van der Waals surface area contributed by atoms with Crippen LogP contribution in [-0.2, 0) is 4.74 Å². The van der Waals surface area contributed by atoms with E-state index in [0.29, 0.717) is 6.04 Å². The lowest BCUT2D eigenvalue weighted by Gasteiger charge is -2.37. The predicted molar refractivity (Wildman–Crippen MR) is 78.7 cm³/mol. The van der Waals surface area contributed by atoms with Crippen molar-refractivity contribution in [3.05, 3.63) is 34.1 Å². The van der Waals surface area contributed by atoms with Gasteiger partial charge in [0.1, 0.15) is 5.82 Å². The van der Waals surface area contributed by atoms with Crippen molar-refractivity contribution in [2.24, 2.45) is 0 Å². The molecule has 1 heterocycles. The van der Waals surface area contributed by atoms with E-state index < -0.39 is 0 Å². The molecular weight excluding hydrogens is 309 g/mol. The highest BCUT2D eigenvalue weighted by molar-refractivity contribution is 9.10. The highest BCUT2D eigenvalue weighted by Gasteiger charge is 2.29. The van der Waals surface area contributed by atoms with Gasteiger partial charge in [0.15, 0.2) is 0 Å². The molecule has 2 atom stereocenters. The summed E-state index contributed by atoms with van der Waals surface area (Å²) in [5, 5.41) is 3.62. The Kier molecular flexibility index (Phi) is 4.64. The van der Waals surface area contributed by atoms with Gasteiger partial charge in [0, 0.05) is 23.2 Å². The van der Waals surface area contributed by atoms with Gasteiger partial charge in [-0.1, -0.05) is 22.0 Å². The van der Waals surface area contributed by atoms with Crippen LogP contribution in [0.25, 0.3) is 0 Å². The molecule has 1 fully saturated rings. The van der Waals surface area contributed by atoms with Gasteiger partial charge in [-0.25, -0.2) is 4.39 Å². The molecule has 1 saturated heterocycles. The lowest BCUT2D eigenvalue weighted by atomic mass is 9.93. The normalized spacial score (nSPS) is 24.2. The second kappa shape index (κ2) is 5.90. The first-order valence-corrected chi connectivity index (χ1v) is 7.52. The van der Waals surface area contributed by atoms with E-state index in [2.05, 4.69) is 42.0 Å². The van der Waals surface area contributed by atoms with E-state index in [1.165, 1.54) is 12.1 Å². The SMILES string of the molecule is CC(NC1CCOC(C)(C)C1)c1ccc(F)cc1Br. The Labute approximate surface area is 122 Å². The third-order valence-corrected chi connectivity index (χ3v) is 4.30. The van der Waals surface area contributed by atoms with Gasteiger partial charge in [0.2, 0.25) is 0 Å². The summed E-state index contributed by atoms with van der Waals surface area (Å²) in [7, 11) is 0. The molecule has 1 aliphatic heterocycles. The Balaban J connectivity index is 2.02. The Morgan fingerprint density at radius 2 is 2.21 bits per heavy atom. The standard InChI is InChI=1S/C15H21BrFNO/c1-10(13-5-4-11(17)8-14(13)16)18-12-6-7-19-15(2,3)9-12/h4-5,8,10,12,18H,6-7,9H2,1-3H3. The minimum Gasteiger partial charge on any atom is -0.375 e. The van der Waals surface area contributed by atoms with Crippen molar-refractivity contribution in [3.8, 4) is 0 Å². The Morgan fingerprint density at radius 1 is 1.47 bits per heavy atom. The zero-order valence-electron chi connectivity index (χ0n) is 11.7. The Morgan fingerprint density at radius 3 is 2.84 bits per heavy atom. The third-order valence-electron chi connectivity index (χ3n) is 3.61. The van der Waals surface area contributed by atoms with Gasteiger partial charge in [-0.05, 0) is 51.3 Å². The number of rotatable bonds is 3. The molecule has 0 saturated carbocycles. The van der Waals surface area contributed by atoms with Crippen LogP contribution < -0.4 is 5.32 Å². The van der Waals surface area contributed by atoms with Crippen LogP contribution in [0, 0.1) is 5.82 Å². The number of hydrogen-bond acceptors (Lipinski definition) is 2. The average Bonchev–Trinajstić information content (AvgIpc) is 2.27. The van der Waals surface area contributed by atoms with E-state index >= 15 is 0 Å². The number of halogens is 2. The quantitative estimate of drug-likeness (QED) is 0.897. The molecule has 1 N–H and O–H groups in total. The molecule has 0 aliphatic carbocycles. The van der Waals surface area contributed by atoms with Crippen LogP contribution in [0.15, 0.2) is 22.7 Å². The van der Waals surface area contributed by atoms with Crippen molar-refractivity contribution in [1.82, 2.24) is 5.32 Å². The second-order valence-corrected chi connectivity index (χ2v) is 6.71. The van der Waals surface area contributed by atoms with E-state index in [9.17, 15) is 4.39 Å². The molecule has 19 heavy (non-hydrogen) atoms. The summed E-state index contributed by atoms with van der Waals surface area (Å²) in [5.74, 6) is -0.213. The van der Waals surface area contributed by atoms with Crippen LogP contribution in [0.3, 0.4) is 0 Å². The van der Waals surface area contributed by atoms with Crippen LogP contribution in [-0.4, -0.2) is 18.2 Å². The summed E-state index contributed by atoms with van der Waals surface area (Å²) >= 11 is 3.43. The maximum Gasteiger partial charge on any atom is 0.124 e. The minimum atomic E-state index is -0.213. The van der Waals surface area contributed by atoms with Gasteiger partial charge in [-0.3, -0.25) is 0 Å². The summed E-state index contributed by atoms with van der Waals surface area (Å²) in [6.07, 6.45) is 2.02. The Hall–Kier alpha value is -0.450. The molecular formula is C15H21BrFNO. The summed E-state index contributed by atoms with van der Waals surface area (Å²) < 4.78 is 19.6. The van der Waals surface area contributed by atoms with Crippen LogP contribution in [0.5, 0.6) is 0 Å². The van der Waals surface area contributed by atoms with E-state index in [4.69, 9.17) is 4.74 Å². The first-order chi connectivity index (χ1) is 8.87. The van der Waals surface area contributed by atoms with Gasteiger partial charge >= 0.3 is 0 Å². The fourth-order valence-electron chi connectivity index (χ4n) is 2.67. The number of ether oxygens (including phenoxy) is 1. The maximum absolute atomic E-state index is 13.1. The second-order valence-electron chi connectivity index (χ2n) is 5.85. The molecule has 0 bridgehead atoms. The maximum atomic E-state index is 13.1. The number of benzene rings is 1. The molecule has 0 spiro atoms. The van der Waals surface area contributed by atoms with E-state index in [1.54, 1.807) is 0 Å². The summed E-state index contributed by atoms with van der Waals surface area (Å²) in [5.41, 5.74) is 1.03. The molecule has 0 radical (unpaired) electrons. The van der Waals surface area contributed by atoms with Gasteiger partial charge in [0.05, 0.1) is 5.60 Å². The number of hydrogen-bond donors (Lipinski definition) is 1. The topological polar surface area (TPSA) is 21.3 Å². The van der Waals surface area contributed by atoms with Crippen LogP contribution in [0.2, 0.25) is 0 Å². The monoisotopic (exact) mass is 329 g/mol. The summed E-state index contributed by atoms with van der Waals surface area (Å²) in [6, 6.07) is 5.49. The average molecular weight is 330 g/mol. The van der Waals surface area contributed by atoms with Gasteiger partial charge in [0.25, 0.3) is 0 Å². The highest BCUT2D eigenvalue weighted by atomic mass is 79.9. The molecule has 2 nitrogen and oxygen atoms in total. The summed E-state index contributed by atoms with van der Waals surface area (Å²) in [4.78, 5) is 0. The van der Waals surface area contributed by atoms with Crippen molar-refractivity contribution in [3.63, 3.8) is 0 Å². The van der Waals surface area contributed by atoms with Crippen LogP contribution >= 0.6 is 15.9 Å². The van der Waals surface area contributed by atoms with Crippen LogP contribution in [0.4, 0.5) is 4.39 Å². The fraction of sp³-hybridized carbons (Fsp3) is 0.600. The Bertz CT molecular complexity index is 450. The van der Waals surface area contributed by atoms with Gasteiger partial charge < -0.3 is 10.1 Å². The molecule has 1 aliphatic rings. The van der Waals surface area contributed by atoms with Crippen molar-refractivity contribution in [2.75, 3.05) is 6.61 Å².